The first-order valence-electron chi connectivity index (χ1n) is 6.68. The summed E-state index contributed by atoms with van der Waals surface area (Å²) in [5.41, 5.74) is 4.07. The van der Waals surface area contributed by atoms with Gasteiger partial charge in [0.2, 0.25) is 0 Å². The summed E-state index contributed by atoms with van der Waals surface area (Å²) in [6.45, 7) is 3.86. The third-order valence-electron chi connectivity index (χ3n) is 3.27. The average Bonchev–Trinajstić information content (AvgIpc) is 2.48. The fraction of sp³-hybridized carbons (Fsp3) is 0.118. The van der Waals surface area contributed by atoms with Gasteiger partial charge in [-0.2, -0.15) is 5.26 Å². The van der Waals surface area contributed by atoms with Gasteiger partial charge in [0.05, 0.1) is 16.8 Å². The van der Waals surface area contributed by atoms with Crippen LogP contribution in [-0.2, 0) is 0 Å². The molecule has 1 N–H and O–H groups in total. The molecule has 1 aromatic carbocycles. The summed E-state index contributed by atoms with van der Waals surface area (Å²) in [7, 11) is 0. The second kappa shape index (κ2) is 5.22. The second-order valence-electron chi connectivity index (χ2n) is 4.92. The second-order valence-corrected chi connectivity index (χ2v) is 4.92. The van der Waals surface area contributed by atoms with E-state index in [2.05, 4.69) is 21.4 Å². The van der Waals surface area contributed by atoms with Crippen molar-refractivity contribution in [3.8, 4) is 6.07 Å². The summed E-state index contributed by atoms with van der Waals surface area (Å²) >= 11 is 0. The smallest absolute Gasteiger partial charge is 0.148 e. The van der Waals surface area contributed by atoms with E-state index in [1.54, 1.807) is 6.07 Å². The van der Waals surface area contributed by atoms with E-state index in [4.69, 9.17) is 0 Å². The molecule has 3 aromatic rings. The number of hydrogen-bond donors (Lipinski definition) is 1. The molecule has 0 fully saturated rings. The molecule has 2 heterocycles. The molecule has 4 heteroatoms. The van der Waals surface area contributed by atoms with Crippen LogP contribution in [0.5, 0.6) is 0 Å². The van der Waals surface area contributed by atoms with E-state index < -0.39 is 0 Å². The Labute approximate surface area is 123 Å². The van der Waals surface area contributed by atoms with Crippen molar-refractivity contribution in [1.29, 1.82) is 5.26 Å². The van der Waals surface area contributed by atoms with Gasteiger partial charge in [-0.3, -0.25) is 4.98 Å². The van der Waals surface area contributed by atoms with E-state index in [1.165, 1.54) is 0 Å². The van der Waals surface area contributed by atoms with Crippen LogP contribution in [0.15, 0.2) is 42.5 Å². The zero-order valence-electron chi connectivity index (χ0n) is 11.9. The molecule has 0 aliphatic rings. The zero-order valence-corrected chi connectivity index (χ0v) is 11.9. The minimum absolute atomic E-state index is 0.519. The maximum Gasteiger partial charge on any atom is 0.148 e. The highest BCUT2D eigenvalue weighted by molar-refractivity contribution is 5.92. The van der Waals surface area contributed by atoms with Crippen LogP contribution in [0.3, 0.4) is 0 Å². The zero-order chi connectivity index (χ0) is 14.8. The first-order valence-corrected chi connectivity index (χ1v) is 6.68. The van der Waals surface area contributed by atoms with Gasteiger partial charge in [-0.25, -0.2) is 4.98 Å². The molecule has 0 atom stereocenters. The molecule has 0 saturated heterocycles. The highest BCUT2D eigenvalue weighted by atomic mass is 15.0. The summed E-state index contributed by atoms with van der Waals surface area (Å²) < 4.78 is 0. The molecule has 4 nitrogen and oxygen atoms in total. The Morgan fingerprint density at radius 2 is 1.71 bits per heavy atom. The molecule has 102 valence electrons. The predicted octanol–water partition coefficient (Wildman–Crippen LogP) is 3.86. The SMILES string of the molecule is Cc1ccc(C#N)c(Nc2cccc3ccc(C)nc23)n1. The summed E-state index contributed by atoms with van der Waals surface area (Å²) in [6, 6.07) is 15.7. The Kier molecular flexibility index (Phi) is 3.25. The van der Waals surface area contributed by atoms with Crippen LogP contribution in [0, 0.1) is 25.2 Å². The van der Waals surface area contributed by atoms with Crippen molar-refractivity contribution >= 4 is 22.4 Å². The van der Waals surface area contributed by atoms with Crippen molar-refractivity contribution < 1.29 is 0 Å². The number of nitrogens with one attached hydrogen (secondary N) is 1. The number of fused-ring (bicyclic) bond motifs is 1. The molecular weight excluding hydrogens is 260 g/mol. The molecule has 0 unspecified atom stereocenters. The monoisotopic (exact) mass is 274 g/mol. The first-order chi connectivity index (χ1) is 10.2. The molecule has 0 saturated carbocycles. The number of rotatable bonds is 2. The number of nitriles is 1. The molecule has 0 aliphatic heterocycles. The first kappa shape index (κ1) is 13.1. The van der Waals surface area contributed by atoms with Crippen LogP contribution < -0.4 is 5.32 Å². The lowest BCUT2D eigenvalue weighted by Gasteiger charge is -2.10. The number of anilines is 2. The minimum Gasteiger partial charge on any atom is -0.337 e. The van der Waals surface area contributed by atoms with Gasteiger partial charge in [-0.15, -0.1) is 0 Å². The van der Waals surface area contributed by atoms with Gasteiger partial charge in [0.25, 0.3) is 0 Å². The predicted molar refractivity (Wildman–Crippen MR) is 83.5 cm³/mol. The number of hydrogen-bond acceptors (Lipinski definition) is 4. The number of para-hydroxylation sites is 1. The lowest BCUT2D eigenvalue weighted by Crippen LogP contribution is -2.00. The van der Waals surface area contributed by atoms with Crippen molar-refractivity contribution in [3.05, 3.63) is 59.4 Å². The molecule has 0 bridgehead atoms. The van der Waals surface area contributed by atoms with Crippen molar-refractivity contribution in [1.82, 2.24) is 9.97 Å². The Morgan fingerprint density at radius 1 is 0.952 bits per heavy atom. The van der Waals surface area contributed by atoms with E-state index in [-0.39, 0.29) is 0 Å². The molecule has 0 amide bonds. The number of nitrogens with zero attached hydrogens (tertiary/aromatic N) is 3. The van der Waals surface area contributed by atoms with Crippen LogP contribution >= 0.6 is 0 Å². The highest BCUT2D eigenvalue weighted by Gasteiger charge is 2.08. The molecule has 0 aliphatic carbocycles. The van der Waals surface area contributed by atoms with Crippen LogP contribution in [-0.4, -0.2) is 9.97 Å². The molecule has 21 heavy (non-hydrogen) atoms. The fourth-order valence-electron chi connectivity index (χ4n) is 2.22. The average molecular weight is 274 g/mol. The molecule has 0 spiro atoms. The van der Waals surface area contributed by atoms with Crippen molar-refractivity contribution in [2.75, 3.05) is 5.32 Å². The van der Waals surface area contributed by atoms with Gasteiger partial charge < -0.3 is 5.32 Å². The standard InChI is InChI=1S/C17H14N4/c1-11-6-8-13-4-3-5-15(16(13)19-11)21-17-14(10-18)9-7-12(2)20-17/h3-9H,1-2H3,(H,20,21). The fourth-order valence-corrected chi connectivity index (χ4v) is 2.22. The molecule has 2 aromatic heterocycles. The Bertz CT molecular complexity index is 862. The molecular formula is C17H14N4. The van der Waals surface area contributed by atoms with Crippen LogP contribution in [0.25, 0.3) is 10.9 Å². The van der Waals surface area contributed by atoms with Gasteiger partial charge in [0, 0.05) is 16.8 Å². The largest absolute Gasteiger partial charge is 0.337 e. The normalized spacial score (nSPS) is 10.3. The van der Waals surface area contributed by atoms with Crippen molar-refractivity contribution in [2.45, 2.75) is 13.8 Å². The number of aromatic nitrogens is 2. The van der Waals surface area contributed by atoms with E-state index in [1.807, 2.05) is 50.2 Å². The van der Waals surface area contributed by atoms with E-state index in [0.29, 0.717) is 11.4 Å². The maximum absolute atomic E-state index is 9.20. The number of pyridine rings is 2. The van der Waals surface area contributed by atoms with Crippen LogP contribution in [0.1, 0.15) is 17.0 Å². The third-order valence-corrected chi connectivity index (χ3v) is 3.27. The van der Waals surface area contributed by atoms with Gasteiger partial charge in [-0.1, -0.05) is 18.2 Å². The minimum atomic E-state index is 0.519. The molecule has 0 radical (unpaired) electrons. The van der Waals surface area contributed by atoms with E-state index in [0.717, 1.165) is 28.0 Å². The maximum atomic E-state index is 9.20. The van der Waals surface area contributed by atoms with Crippen LogP contribution in [0.2, 0.25) is 0 Å². The summed E-state index contributed by atoms with van der Waals surface area (Å²) in [5.74, 6) is 0.563. The summed E-state index contributed by atoms with van der Waals surface area (Å²) in [6.07, 6.45) is 0. The van der Waals surface area contributed by atoms with Crippen molar-refractivity contribution in [3.63, 3.8) is 0 Å². The summed E-state index contributed by atoms with van der Waals surface area (Å²) in [4.78, 5) is 8.98. The lowest BCUT2D eigenvalue weighted by molar-refractivity contribution is 1.18. The van der Waals surface area contributed by atoms with E-state index in [9.17, 15) is 5.26 Å². The Balaban J connectivity index is 2.13. The van der Waals surface area contributed by atoms with E-state index >= 15 is 0 Å². The number of aryl methyl sites for hydroxylation is 2. The summed E-state index contributed by atoms with van der Waals surface area (Å²) in [5, 5.41) is 13.5. The highest BCUT2D eigenvalue weighted by Crippen LogP contribution is 2.26. The lowest BCUT2D eigenvalue weighted by atomic mass is 10.1. The van der Waals surface area contributed by atoms with Gasteiger partial charge in [0.15, 0.2) is 0 Å². The van der Waals surface area contributed by atoms with Gasteiger partial charge in [0.1, 0.15) is 11.9 Å². The van der Waals surface area contributed by atoms with Gasteiger partial charge >= 0.3 is 0 Å². The molecule has 3 rings (SSSR count). The quantitative estimate of drug-likeness (QED) is 0.770. The Morgan fingerprint density at radius 3 is 2.52 bits per heavy atom. The topological polar surface area (TPSA) is 61.6 Å². The third kappa shape index (κ3) is 2.54. The van der Waals surface area contributed by atoms with Crippen molar-refractivity contribution in [2.24, 2.45) is 0 Å². The van der Waals surface area contributed by atoms with Crippen LogP contribution in [0.4, 0.5) is 11.5 Å². The number of benzene rings is 1. The Hall–Kier alpha value is -2.93. The van der Waals surface area contributed by atoms with Gasteiger partial charge in [-0.05, 0) is 38.1 Å².